The molecule has 0 saturated carbocycles. The van der Waals surface area contributed by atoms with Crippen LogP contribution in [-0.2, 0) is 15.7 Å². The van der Waals surface area contributed by atoms with Crippen LogP contribution in [0.3, 0.4) is 0 Å². The molecule has 9 nitrogen and oxygen atoms in total. The maximum atomic E-state index is 9.94. The fraction of sp³-hybridized carbons (Fsp3) is 0.192. The molecular formula is C26H25BN2O7. The van der Waals surface area contributed by atoms with Crippen molar-refractivity contribution in [1.29, 1.82) is 0 Å². The number of methoxy groups -OCH3 is 1. The van der Waals surface area contributed by atoms with Crippen LogP contribution in [0, 0.1) is 0 Å². The first kappa shape index (κ1) is 23.3. The SMILES string of the molecule is COc1ccc(Oc2cccc3c2CC[C@H]3Oc2ccc(B3O/C(O)=C\N(C)/C=C(/O)O3)cc2)cn1. The zero-order valence-electron chi connectivity index (χ0n) is 19.8. The Kier molecular flexibility index (Phi) is 6.49. The summed E-state index contributed by atoms with van der Waals surface area (Å²) < 4.78 is 28.3. The molecule has 0 amide bonds. The van der Waals surface area contributed by atoms with Gasteiger partial charge in [-0.3, -0.25) is 0 Å². The summed E-state index contributed by atoms with van der Waals surface area (Å²) in [4.78, 5) is 5.61. The maximum absolute atomic E-state index is 9.94. The van der Waals surface area contributed by atoms with Crippen molar-refractivity contribution in [2.75, 3.05) is 14.2 Å². The van der Waals surface area contributed by atoms with Gasteiger partial charge in [-0.05, 0) is 42.7 Å². The topological polar surface area (TPSA) is 103 Å². The normalized spacial score (nSPS) is 19.9. The van der Waals surface area contributed by atoms with Crippen molar-refractivity contribution < 1.29 is 33.7 Å². The van der Waals surface area contributed by atoms with E-state index in [4.69, 9.17) is 23.5 Å². The first-order valence-electron chi connectivity index (χ1n) is 11.4. The van der Waals surface area contributed by atoms with Gasteiger partial charge in [0, 0.05) is 24.1 Å². The molecule has 0 fully saturated rings. The molecule has 36 heavy (non-hydrogen) atoms. The first-order valence-corrected chi connectivity index (χ1v) is 11.4. The average molecular weight is 488 g/mol. The summed E-state index contributed by atoms with van der Waals surface area (Å²) >= 11 is 0. The van der Waals surface area contributed by atoms with Crippen LogP contribution < -0.4 is 19.7 Å². The number of aliphatic hydroxyl groups excluding tert-OH is 2. The van der Waals surface area contributed by atoms with Crippen LogP contribution in [0.15, 0.2) is 85.1 Å². The number of rotatable bonds is 6. The number of aromatic nitrogens is 1. The summed E-state index contributed by atoms with van der Waals surface area (Å²) in [5, 5.41) is 19.9. The number of benzene rings is 2. The molecule has 2 heterocycles. The smallest absolute Gasteiger partial charge is 0.494 e. The lowest BCUT2D eigenvalue weighted by molar-refractivity contribution is 0.124. The van der Waals surface area contributed by atoms with Crippen molar-refractivity contribution in [3.8, 4) is 23.1 Å². The van der Waals surface area contributed by atoms with Gasteiger partial charge in [0.15, 0.2) is 0 Å². The number of hydrogen-bond donors (Lipinski definition) is 2. The van der Waals surface area contributed by atoms with E-state index in [9.17, 15) is 10.2 Å². The number of ether oxygens (including phenoxy) is 3. The highest BCUT2D eigenvalue weighted by Gasteiger charge is 2.31. The molecule has 2 aromatic carbocycles. The first-order chi connectivity index (χ1) is 17.5. The van der Waals surface area contributed by atoms with E-state index in [1.807, 2.05) is 18.2 Å². The van der Waals surface area contributed by atoms with E-state index in [0.717, 1.165) is 29.7 Å². The van der Waals surface area contributed by atoms with Gasteiger partial charge in [0.2, 0.25) is 5.88 Å². The standard InChI is InChI=1S/C26H25BN2O7/c1-29-15-25(30)35-27(36-26(31)16-29)17-6-8-18(9-7-17)33-23-12-11-21-20(23)4-3-5-22(21)34-19-10-13-24(32-2)28-14-19/h3-10,13-16,23,30-31H,11-12H2,1-2H3/b25-15-,26-16-/t23-/m1/s1. The lowest BCUT2D eigenvalue weighted by Crippen LogP contribution is -2.37. The average Bonchev–Trinajstić information content (AvgIpc) is 3.27. The lowest BCUT2D eigenvalue weighted by atomic mass is 9.79. The van der Waals surface area contributed by atoms with Gasteiger partial charge in [-0.25, -0.2) is 4.98 Å². The second-order valence-electron chi connectivity index (χ2n) is 8.34. The minimum Gasteiger partial charge on any atom is -0.494 e. The molecule has 10 heteroatoms. The van der Waals surface area contributed by atoms with Crippen molar-refractivity contribution in [3.63, 3.8) is 0 Å². The van der Waals surface area contributed by atoms with Gasteiger partial charge >= 0.3 is 7.12 Å². The molecule has 0 spiro atoms. The van der Waals surface area contributed by atoms with Gasteiger partial charge in [-0.2, -0.15) is 0 Å². The molecule has 0 bridgehead atoms. The highest BCUT2D eigenvalue weighted by molar-refractivity contribution is 6.61. The van der Waals surface area contributed by atoms with Crippen LogP contribution in [0.4, 0.5) is 0 Å². The molecule has 1 atom stereocenters. The van der Waals surface area contributed by atoms with Gasteiger partial charge in [0.1, 0.15) is 23.4 Å². The fourth-order valence-electron chi connectivity index (χ4n) is 4.17. The zero-order chi connectivity index (χ0) is 25.1. The number of nitrogens with zero attached hydrogens (tertiary/aromatic N) is 2. The Hall–Kier alpha value is -4.47. The van der Waals surface area contributed by atoms with E-state index in [-0.39, 0.29) is 18.0 Å². The molecule has 3 aromatic rings. The predicted molar refractivity (Wildman–Crippen MR) is 132 cm³/mol. The van der Waals surface area contributed by atoms with E-state index in [1.54, 1.807) is 50.7 Å². The molecule has 5 rings (SSSR count). The van der Waals surface area contributed by atoms with Gasteiger partial charge in [-0.15, -0.1) is 0 Å². The number of fused-ring (bicyclic) bond motifs is 1. The summed E-state index contributed by atoms with van der Waals surface area (Å²) in [5.41, 5.74) is 2.79. The third-order valence-electron chi connectivity index (χ3n) is 5.83. The quantitative estimate of drug-likeness (QED) is 0.491. The van der Waals surface area contributed by atoms with Crippen molar-refractivity contribution in [3.05, 3.63) is 96.2 Å². The highest BCUT2D eigenvalue weighted by atomic mass is 16.7. The molecule has 1 aliphatic heterocycles. The molecule has 1 aromatic heterocycles. The Bertz CT molecular complexity index is 1260. The Balaban J connectivity index is 1.28. The second kappa shape index (κ2) is 10.0. The monoisotopic (exact) mass is 488 g/mol. The molecule has 1 aliphatic carbocycles. The van der Waals surface area contributed by atoms with E-state index in [2.05, 4.69) is 11.1 Å². The Morgan fingerprint density at radius 3 is 2.36 bits per heavy atom. The Morgan fingerprint density at radius 2 is 1.69 bits per heavy atom. The van der Waals surface area contributed by atoms with E-state index in [1.165, 1.54) is 17.3 Å². The van der Waals surface area contributed by atoms with Crippen molar-refractivity contribution in [1.82, 2.24) is 9.88 Å². The molecular weight excluding hydrogens is 463 g/mol. The van der Waals surface area contributed by atoms with Crippen LogP contribution in [-0.4, -0.2) is 41.4 Å². The molecule has 2 aliphatic rings. The largest absolute Gasteiger partial charge is 0.636 e. The summed E-state index contributed by atoms with van der Waals surface area (Å²) in [7, 11) is 2.18. The third-order valence-corrected chi connectivity index (χ3v) is 5.83. The van der Waals surface area contributed by atoms with Gasteiger partial charge < -0.3 is 38.6 Å². The van der Waals surface area contributed by atoms with E-state index < -0.39 is 7.12 Å². The maximum Gasteiger partial charge on any atom is 0.636 e. The second-order valence-corrected chi connectivity index (χ2v) is 8.34. The van der Waals surface area contributed by atoms with Gasteiger partial charge in [-0.1, -0.05) is 24.3 Å². The number of hydrogen-bond acceptors (Lipinski definition) is 9. The minimum atomic E-state index is -1.01. The summed E-state index contributed by atoms with van der Waals surface area (Å²) in [5.74, 6) is 1.95. The number of aliphatic hydroxyl groups is 2. The summed E-state index contributed by atoms with van der Waals surface area (Å²) in [6.07, 6.45) is 5.81. The Labute approximate surface area is 208 Å². The van der Waals surface area contributed by atoms with E-state index in [0.29, 0.717) is 22.8 Å². The highest BCUT2D eigenvalue weighted by Crippen LogP contribution is 2.40. The third kappa shape index (κ3) is 5.12. The molecule has 0 unspecified atom stereocenters. The lowest BCUT2D eigenvalue weighted by Gasteiger charge is -2.20. The minimum absolute atomic E-state index is 0.119. The van der Waals surface area contributed by atoms with Crippen molar-refractivity contribution in [2.24, 2.45) is 0 Å². The van der Waals surface area contributed by atoms with Crippen LogP contribution in [0.5, 0.6) is 23.1 Å². The van der Waals surface area contributed by atoms with Crippen LogP contribution >= 0.6 is 0 Å². The van der Waals surface area contributed by atoms with E-state index >= 15 is 0 Å². The zero-order valence-corrected chi connectivity index (χ0v) is 19.8. The summed E-state index contributed by atoms with van der Waals surface area (Å²) in [6.45, 7) is 0. The van der Waals surface area contributed by atoms with Crippen molar-refractivity contribution in [2.45, 2.75) is 18.9 Å². The number of pyridine rings is 1. The van der Waals surface area contributed by atoms with Crippen LogP contribution in [0.2, 0.25) is 0 Å². The summed E-state index contributed by atoms with van der Waals surface area (Å²) in [6, 6.07) is 16.7. The molecule has 0 saturated heterocycles. The van der Waals surface area contributed by atoms with Crippen LogP contribution in [0.1, 0.15) is 23.7 Å². The molecule has 2 N–H and O–H groups in total. The Morgan fingerprint density at radius 1 is 0.972 bits per heavy atom. The van der Waals surface area contributed by atoms with Gasteiger partial charge in [0.05, 0.1) is 25.7 Å². The van der Waals surface area contributed by atoms with Crippen LogP contribution in [0.25, 0.3) is 0 Å². The molecule has 184 valence electrons. The predicted octanol–water partition coefficient (Wildman–Crippen LogP) is 4.34. The van der Waals surface area contributed by atoms with Crippen molar-refractivity contribution >= 4 is 12.6 Å². The fourth-order valence-corrected chi connectivity index (χ4v) is 4.17. The van der Waals surface area contributed by atoms with Gasteiger partial charge in [0.25, 0.3) is 11.9 Å². The molecule has 0 radical (unpaired) electrons.